The molecule has 0 bridgehead atoms. The molecule has 0 aliphatic carbocycles. The van der Waals surface area contributed by atoms with Gasteiger partial charge in [-0.05, 0) is 68.0 Å². The zero-order chi connectivity index (χ0) is 25.2. The Morgan fingerprint density at radius 1 is 1.00 bits per heavy atom. The SMILES string of the molecule is CCOc1ccc(N2C(=O)/C(=C/c3cn(Cc4cccc(C)c4)c4ccccc34)C(=O)NC2=S)cc1. The Morgan fingerprint density at radius 2 is 1.78 bits per heavy atom. The molecule has 7 heteroatoms. The lowest BCUT2D eigenvalue weighted by atomic mass is 10.1. The molecule has 0 spiro atoms. The van der Waals surface area contributed by atoms with Crippen molar-refractivity contribution in [3.05, 3.63) is 101 Å². The van der Waals surface area contributed by atoms with Gasteiger partial charge in [0.05, 0.1) is 12.3 Å². The molecule has 1 aliphatic heterocycles. The Balaban J connectivity index is 1.52. The third kappa shape index (κ3) is 4.53. The van der Waals surface area contributed by atoms with Gasteiger partial charge in [-0.1, -0.05) is 48.0 Å². The molecule has 1 aliphatic rings. The largest absolute Gasteiger partial charge is 0.494 e. The van der Waals surface area contributed by atoms with Crippen LogP contribution < -0.4 is 15.0 Å². The van der Waals surface area contributed by atoms with Gasteiger partial charge in [0.1, 0.15) is 11.3 Å². The summed E-state index contributed by atoms with van der Waals surface area (Å²) < 4.78 is 7.63. The van der Waals surface area contributed by atoms with Crippen LogP contribution in [0.3, 0.4) is 0 Å². The lowest BCUT2D eigenvalue weighted by Gasteiger charge is -2.29. The minimum atomic E-state index is -0.511. The summed E-state index contributed by atoms with van der Waals surface area (Å²) in [4.78, 5) is 27.7. The number of benzene rings is 3. The Bertz CT molecular complexity index is 1520. The van der Waals surface area contributed by atoms with E-state index in [-0.39, 0.29) is 10.7 Å². The first kappa shape index (κ1) is 23.5. The van der Waals surface area contributed by atoms with Crippen LogP contribution in [0.5, 0.6) is 5.75 Å². The lowest BCUT2D eigenvalue weighted by molar-refractivity contribution is -0.122. The molecule has 0 saturated carbocycles. The molecule has 0 radical (unpaired) electrons. The number of hydrogen-bond donors (Lipinski definition) is 1. The van der Waals surface area contributed by atoms with Crippen LogP contribution in [-0.2, 0) is 16.1 Å². The van der Waals surface area contributed by atoms with Crippen LogP contribution in [0.25, 0.3) is 17.0 Å². The fraction of sp³-hybridized carbons (Fsp3) is 0.138. The second kappa shape index (κ2) is 9.79. The number of carbonyl (C=O) groups excluding carboxylic acids is 2. The number of thiocarbonyl (C=S) groups is 1. The predicted octanol–water partition coefficient (Wildman–Crippen LogP) is 5.23. The molecule has 1 saturated heterocycles. The number of anilines is 1. The summed E-state index contributed by atoms with van der Waals surface area (Å²) in [5.74, 6) is -0.288. The number of rotatable bonds is 6. The summed E-state index contributed by atoms with van der Waals surface area (Å²) in [6.45, 7) is 5.19. The van der Waals surface area contributed by atoms with E-state index in [9.17, 15) is 9.59 Å². The average Bonchev–Trinajstić information content (AvgIpc) is 3.20. The van der Waals surface area contributed by atoms with E-state index in [2.05, 4.69) is 35.0 Å². The Hall–Kier alpha value is -4.23. The maximum absolute atomic E-state index is 13.5. The molecule has 6 nitrogen and oxygen atoms in total. The maximum Gasteiger partial charge on any atom is 0.270 e. The van der Waals surface area contributed by atoms with Gasteiger partial charge in [-0.3, -0.25) is 19.8 Å². The first-order chi connectivity index (χ1) is 17.4. The summed E-state index contributed by atoms with van der Waals surface area (Å²) in [5, 5.41) is 3.67. The predicted molar refractivity (Wildman–Crippen MR) is 146 cm³/mol. The molecule has 180 valence electrons. The molecular formula is C29H25N3O3S. The Labute approximate surface area is 214 Å². The highest BCUT2D eigenvalue weighted by atomic mass is 32.1. The van der Waals surface area contributed by atoms with E-state index in [1.54, 1.807) is 30.3 Å². The van der Waals surface area contributed by atoms with Gasteiger partial charge in [0, 0.05) is 29.2 Å². The van der Waals surface area contributed by atoms with Crippen molar-refractivity contribution in [2.24, 2.45) is 0 Å². The maximum atomic E-state index is 13.5. The van der Waals surface area contributed by atoms with Crippen LogP contribution >= 0.6 is 12.2 Å². The molecule has 1 N–H and O–H groups in total. The number of nitrogens with zero attached hydrogens (tertiary/aromatic N) is 2. The van der Waals surface area contributed by atoms with Gasteiger partial charge in [0.15, 0.2) is 5.11 Å². The van der Waals surface area contributed by atoms with E-state index in [0.29, 0.717) is 24.6 Å². The van der Waals surface area contributed by atoms with Crippen LogP contribution in [0.1, 0.15) is 23.6 Å². The first-order valence-corrected chi connectivity index (χ1v) is 12.1. The molecule has 1 aromatic heterocycles. The second-order valence-electron chi connectivity index (χ2n) is 8.60. The fourth-order valence-corrected chi connectivity index (χ4v) is 4.71. The second-order valence-corrected chi connectivity index (χ2v) is 8.99. The molecule has 0 unspecified atom stereocenters. The summed E-state index contributed by atoms with van der Waals surface area (Å²) in [7, 11) is 0. The van der Waals surface area contributed by atoms with E-state index < -0.39 is 11.8 Å². The van der Waals surface area contributed by atoms with Crippen molar-refractivity contribution in [2.45, 2.75) is 20.4 Å². The number of amides is 2. The number of fused-ring (bicyclic) bond motifs is 1. The van der Waals surface area contributed by atoms with E-state index in [0.717, 1.165) is 16.5 Å². The topological polar surface area (TPSA) is 63.6 Å². The van der Waals surface area contributed by atoms with Crippen LogP contribution in [0.15, 0.2) is 84.6 Å². The van der Waals surface area contributed by atoms with E-state index in [4.69, 9.17) is 17.0 Å². The van der Waals surface area contributed by atoms with Gasteiger partial charge in [-0.25, -0.2) is 0 Å². The number of nitrogens with one attached hydrogen (secondary N) is 1. The van der Waals surface area contributed by atoms with Gasteiger partial charge in [-0.15, -0.1) is 0 Å². The lowest BCUT2D eigenvalue weighted by Crippen LogP contribution is -2.54. The zero-order valence-electron chi connectivity index (χ0n) is 20.0. The normalized spacial score (nSPS) is 15.0. The van der Waals surface area contributed by atoms with Gasteiger partial charge in [-0.2, -0.15) is 0 Å². The van der Waals surface area contributed by atoms with E-state index in [1.165, 1.54) is 16.0 Å². The average molecular weight is 496 g/mol. The summed E-state index contributed by atoms with van der Waals surface area (Å²) in [6, 6.07) is 23.4. The quantitative estimate of drug-likeness (QED) is 0.226. The molecule has 5 rings (SSSR count). The molecule has 4 aromatic rings. The van der Waals surface area contributed by atoms with Gasteiger partial charge in [0.2, 0.25) is 0 Å². The highest BCUT2D eigenvalue weighted by molar-refractivity contribution is 7.80. The molecular weight excluding hydrogens is 470 g/mol. The van der Waals surface area contributed by atoms with Crippen molar-refractivity contribution in [3.63, 3.8) is 0 Å². The highest BCUT2D eigenvalue weighted by Gasteiger charge is 2.34. The summed E-state index contributed by atoms with van der Waals surface area (Å²) in [5.41, 5.74) is 4.76. The molecule has 2 amide bonds. The highest BCUT2D eigenvalue weighted by Crippen LogP contribution is 2.28. The summed E-state index contributed by atoms with van der Waals surface area (Å²) in [6.07, 6.45) is 3.63. The number of aryl methyl sites for hydroxylation is 1. The molecule has 36 heavy (non-hydrogen) atoms. The standard InChI is InChI=1S/C29H25N3O3S/c1-3-35-23-13-11-22(12-14-23)32-28(34)25(27(33)30-29(32)36)16-21-18-31(26-10-5-4-9-24(21)26)17-20-8-6-7-19(2)15-20/h4-16,18H,3,17H2,1-2H3,(H,30,33,36)/b25-16+. The van der Waals surface area contributed by atoms with Gasteiger partial charge >= 0.3 is 0 Å². The van der Waals surface area contributed by atoms with Crippen LogP contribution in [0.4, 0.5) is 5.69 Å². The minimum absolute atomic E-state index is 0.0240. The summed E-state index contributed by atoms with van der Waals surface area (Å²) >= 11 is 5.34. The number of para-hydroxylation sites is 1. The fourth-order valence-electron chi connectivity index (χ4n) is 4.43. The van der Waals surface area contributed by atoms with Crippen molar-refractivity contribution >= 4 is 51.8 Å². The first-order valence-electron chi connectivity index (χ1n) is 11.7. The third-order valence-electron chi connectivity index (χ3n) is 6.06. The smallest absolute Gasteiger partial charge is 0.270 e. The number of hydrogen-bond acceptors (Lipinski definition) is 4. The number of ether oxygens (including phenoxy) is 1. The number of carbonyl (C=O) groups is 2. The minimum Gasteiger partial charge on any atom is -0.494 e. The van der Waals surface area contributed by atoms with Crippen molar-refractivity contribution in [1.82, 2.24) is 9.88 Å². The van der Waals surface area contributed by atoms with Crippen LogP contribution in [0.2, 0.25) is 0 Å². The van der Waals surface area contributed by atoms with Crippen molar-refractivity contribution < 1.29 is 14.3 Å². The van der Waals surface area contributed by atoms with Crippen LogP contribution in [-0.4, -0.2) is 28.1 Å². The Kier molecular flexibility index (Phi) is 6.40. The molecule has 0 atom stereocenters. The van der Waals surface area contributed by atoms with Crippen LogP contribution in [0, 0.1) is 6.92 Å². The van der Waals surface area contributed by atoms with Crippen molar-refractivity contribution in [3.8, 4) is 5.75 Å². The Morgan fingerprint density at radius 3 is 2.53 bits per heavy atom. The monoisotopic (exact) mass is 495 g/mol. The van der Waals surface area contributed by atoms with Crippen molar-refractivity contribution in [2.75, 3.05) is 11.5 Å². The molecule has 1 fully saturated rings. The van der Waals surface area contributed by atoms with Crippen molar-refractivity contribution in [1.29, 1.82) is 0 Å². The zero-order valence-corrected chi connectivity index (χ0v) is 20.8. The van der Waals surface area contributed by atoms with E-state index in [1.807, 2.05) is 43.5 Å². The number of aromatic nitrogens is 1. The van der Waals surface area contributed by atoms with Gasteiger partial charge in [0.25, 0.3) is 11.8 Å². The van der Waals surface area contributed by atoms with E-state index >= 15 is 0 Å². The molecule has 3 aromatic carbocycles. The van der Waals surface area contributed by atoms with Gasteiger partial charge < -0.3 is 9.30 Å². The third-order valence-corrected chi connectivity index (χ3v) is 6.35. The molecule has 2 heterocycles.